The summed E-state index contributed by atoms with van der Waals surface area (Å²) in [6.07, 6.45) is 0. The van der Waals surface area contributed by atoms with E-state index in [2.05, 4.69) is 21.2 Å². The van der Waals surface area contributed by atoms with Crippen molar-refractivity contribution < 1.29 is 4.39 Å². The van der Waals surface area contributed by atoms with Crippen LogP contribution < -0.4 is 10.2 Å². The quantitative estimate of drug-likeness (QED) is 0.898. The van der Waals surface area contributed by atoms with Crippen molar-refractivity contribution in [3.63, 3.8) is 0 Å². The first-order valence-corrected chi connectivity index (χ1v) is 5.15. The molecule has 14 heavy (non-hydrogen) atoms. The van der Waals surface area contributed by atoms with Gasteiger partial charge in [-0.05, 0) is 19.2 Å². The predicted octanol–water partition coefficient (Wildman–Crippen LogP) is 2.37. The van der Waals surface area contributed by atoms with Gasteiger partial charge in [-0.1, -0.05) is 15.9 Å². The van der Waals surface area contributed by atoms with Gasteiger partial charge < -0.3 is 10.2 Å². The summed E-state index contributed by atoms with van der Waals surface area (Å²) in [7, 11) is 5.61. The van der Waals surface area contributed by atoms with Gasteiger partial charge >= 0.3 is 0 Å². The van der Waals surface area contributed by atoms with Crippen LogP contribution in [0, 0.1) is 5.82 Å². The van der Waals surface area contributed by atoms with Crippen LogP contribution in [0.3, 0.4) is 0 Å². The molecule has 0 amide bonds. The number of benzene rings is 1. The van der Waals surface area contributed by atoms with Crippen LogP contribution in [0.4, 0.5) is 10.1 Å². The Kier molecular flexibility index (Phi) is 3.89. The maximum atomic E-state index is 13.6. The molecule has 0 aliphatic carbocycles. The molecule has 0 bridgehead atoms. The van der Waals surface area contributed by atoms with Crippen molar-refractivity contribution in [3.8, 4) is 0 Å². The molecule has 1 N–H and O–H groups in total. The third-order valence-corrected chi connectivity index (χ3v) is 2.43. The lowest BCUT2D eigenvalue weighted by Crippen LogP contribution is -2.16. The van der Waals surface area contributed by atoms with Crippen LogP contribution in [0.1, 0.15) is 5.56 Å². The van der Waals surface area contributed by atoms with Crippen molar-refractivity contribution in [2.24, 2.45) is 0 Å². The van der Waals surface area contributed by atoms with Gasteiger partial charge in [-0.2, -0.15) is 0 Å². The summed E-state index contributed by atoms with van der Waals surface area (Å²) in [6.45, 7) is 0.534. The van der Waals surface area contributed by atoms with Gasteiger partial charge in [0.1, 0.15) is 5.82 Å². The van der Waals surface area contributed by atoms with E-state index in [9.17, 15) is 4.39 Å². The molecule has 2 nitrogen and oxygen atoms in total. The van der Waals surface area contributed by atoms with Crippen LogP contribution in [0.2, 0.25) is 0 Å². The van der Waals surface area contributed by atoms with Crippen LogP contribution in [-0.2, 0) is 6.54 Å². The highest BCUT2D eigenvalue weighted by atomic mass is 79.9. The minimum atomic E-state index is -0.183. The summed E-state index contributed by atoms with van der Waals surface area (Å²) >= 11 is 3.28. The molecule has 0 spiro atoms. The van der Waals surface area contributed by atoms with Gasteiger partial charge in [0, 0.05) is 36.4 Å². The fraction of sp³-hybridized carbons (Fsp3) is 0.400. The Bertz CT molecular complexity index is 326. The molecule has 0 fully saturated rings. The van der Waals surface area contributed by atoms with Crippen LogP contribution in [0.25, 0.3) is 0 Å². The fourth-order valence-electron chi connectivity index (χ4n) is 1.34. The second kappa shape index (κ2) is 4.75. The van der Waals surface area contributed by atoms with Crippen molar-refractivity contribution in [1.82, 2.24) is 5.32 Å². The monoisotopic (exact) mass is 260 g/mol. The number of hydrogen-bond acceptors (Lipinski definition) is 2. The van der Waals surface area contributed by atoms with E-state index >= 15 is 0 Å². The smallest absolute Gasteiger partial charge is 0.130 e. The standard InChI is InChI=1S/C10H14BrFN2/c1-13-6-8-9(12)4-7(11)5-10(8)14(2)3/h4-5,13H,6H2,1-3H3. The fourth-order valence-corrected chi connectivity index (χ4v) is 1.76. The summed E-state index contributed by atoms with van der Waals surface area (Å²) in [5.41, 5.74) is 1.59. The second-order valence-corrected chi connectivity index (χ2v) is 4.23. The maximum Gasteiger partial charge on any atom is 0.130 e. The van der Waals surface area contributed by atoms with Gasteiger partial charge in [-0.15, -0.1) is 0 Å². The molecule has 0 unspecified atom stereocenters. The Morgan fingerprint density at radius 3 is 2.57 bits per heavy atom. The molecule has 1 aromatic carbocycles. The Morgan fingerprint density at radius 2 is 2.07 bits per heavy atom. The second-order valence-electron chi connectivity index (χ2n) is 3.31. The number of rotatable bonds is 3. The van der Waals surface area contributed by atoms with Crippen LogP contribution in [-0.4, -0.2) is 21.1 Å². The van der Waals surface area contributed by atoms with E-state index in [4.69, 9.17) is 0 Å². The summed E-state index contributed by atoms with van der Waals surface area (Å²) in [5.74, 6) is -0.183. The molecule has 0 radical (unpaired) electrons. The first-order valence-electron chi connectivity index (χ1n) is 4.36. The minimum Gasteiger partial charge on any atom is -0.377 e. The van der Waals surface area contributed by atoms with E-state index in [0.29, 0.717) is 12.1 Å². The van der Waals surface area contributed by atoms with Crippen molar-refractivity contribution >= 4 is 21.6 Å². The normalized spacial score (nSPS) is 10.4. The molecule has 78 valence electrons. The van der Waals surface area contributed by atoms with Gasteiger partial charge in [0.25, 0.3) is 0 Å². The highest BCUT2D eigenvalue weighted by Gasteiger charge is 2.10. The van der Waals surface area contributed by atoms with E-state index in [1.165, 1.54) is 6.07 Å². The number of anilines is 1. The van der Waals surface area contributed by atoms with Gasteiger partial charge in [0.2, 0.25) is 0 Å². The van der Waals surface area contributed by atoms with E-state index < -0.39 is 0 Å². The Hall–Kier alpha value is -0.610. The topological polar surface area (TPSA) is 15.3 Å². The lowest BCUT2D eigenvalue weighted by atomic mass is 10.1. The van der Waals surface area contributed by atoms with Crippen LogP contribution in [0.5, 0.6) is 0 Å². The van der Waals surface area contributed by atoms with Crippen molar-refractivity contribution in [1.29, 1.82) is 0 Å². The number of hydrogen-bond donors (Lipinski definition) is 1. The average Bonchev–Trinajstić information content (AvgIpc) is 2.09. The molecule has 4 heteroatoms. The number of nitrogens with zero attached hydrogens (tertiary/aromatic N) is 1. The average molecular weight is 261 g/mol. The van der Waals surface area contributed by atoms with Crippen molar-refractivity contribution in [2.75, 3.05) is 26.0 Å². The van der Waals surface area contributed by atoms with Gasteiger partial charge in [0.05, 0.1) is 0 Å². The van der Waals surface area contributed by atoms with E-state index in [1.54, 1.807) is 7.05 Å². The lowest BCUT2D eigenvalue weighted by Gasteiger charge is -2.18. The molecule has 0 heterocycles. The van der Waals surface area contributed by atoms with Gasteiger partial charge in [-0.3, -0.25) is 0 Å². The third kappa shape index (κ3) is 2.45. The largest absolute Gasteiger partial charge is 0.377 e. The molecule has 1 rings (SSSR count). The van der Waals surface area contributed by atoms with E-state index in [-0.39, 0.29) is 5.82 Å². The molecule has 0 saturated carbocycles. The Labute approximate surface area is 92.2 Å². The Morgan fingerprint density at radius 1 is 1.43 bits per heavy atom. The third-order valence-electron chi connectivity index (χ3n) is 1.97. The molecular formula is C10H14BrFN2. The van der Waals surface area contributed by atoms with E-state index in [1.807, 2.05) is 25.1 Å². The minimum absolute atomic E-state index is 0.183. The molecule has 1 aromatic rings. The summed E-state index contributed by atoms with van der Waals surface area (Å²) in [5, 5.41) is 2.96. The summed E-state index contributed by atoms with van der Waals surface area (Å²) in [6, 6.07) is 3.40. The SMILES string of the molecule is CNCc1c(F)cc(Br)cc1N(C)C. The first-order chi connectivity index (χ1) is 6.56. The summed E-state index contributed by atoms with van der Waals surface area (Å²) < 4.78 is 14.3. The van der Waals surface area contributed by atoms with Crippen LogP contribution >= 0.6 is 15.9 Å². The molecule has 0 aliphatic rings. The van der Waals surface area contributed by atoms with Crippen molar-refractivity contribution in [2.45, 2.75) is 6.54 Å². The molecular weight excluding hydrogens is 247 g/mol. The highest BCUT2D eigenvalue weighted by Crippen LogP contribution is 2.26. The first kappa shape index (κ1) is 11.5. The zero-order valence-electron chi connectivity index (χ0n) is 8.56. The predicted molar refractivity (Wildman–Crippen MR) is 61.2 cm³/mol. The molecule has 0 saturated heterocycles. The van der Waals surface area contributed by atoms with E-state index in [0.717, 1.165) is 10.2 Å². The molecule has 0 aromatic heterocycles. The summed E-state index contributed by atoms with van der Waals surface area (Å²) in [4.78, 5) is 1.90. The molecule has 0 aliphatic heterocycles. The van der Waals surface area contributed by atoms with Crippen LogP contribution in [0.15, 0.2) is 16.6 Å². The van der Waals surface area contributed by atoms with Gasteiger partial charge in [-0.25, -0.2) is 4.39 Å². The van der Waals surface area contributed by atoms with Gasteiger partial charge in [0.15, 0.2) is 0 Å². The number of nitrogens with one attached hydrogen (secondary N) is 1. The Balaban J connectivity index is 3.21. The number of halogens is 2. The molecule has 0 atom stereocenters. The zero-order chi connectivity index (χ0) is 10.7. The lowest BCUT2D eigenvalue weighted by molar-refractivity contribution is 0.600. The van der Waals surface area contributed by atoms with Crippen molar-refractivity contribution in [3.05, 3.63) is 28.0 Å². The zero-order valence-corrected chi connectivity index (χ0v) is 10.2. The maximum absolute atomic E-state index is 13.6. The highest BCUT2D eigenvalue weighted by molar-refractivity contribution is 9.10.